The van der Waals surface area contributed by atoms with Gasteiger partial charge in [0.25, 0.3) is 0 Å². The molecule has 1 heterocycles. The van der Waals surface area contributed by atoms with Crippen LogP contribution < -0.4 is 9.64 Å². The molecule has 0 bridgehead atoms. The molecule has 0 radical (unpaired) electrons. The smallest absolute Gasteiger partial charge is 0.325 e. The topological polar surface area (TPSA) is 77.4 Å². The molecule has 0 aliphatic heterocycles. The van der Waals surface area contributed by atoms with Crippen molar-refractivity contribution in [3.8, 4) is 6.01 Å². The van der Waals surface area contributed by atoms with Crippen molar-refractivity contribution < 1.29 is 14.3 Å². The lowest BCUT2D eigenvalue weighted by molar-refractivity contribution is -0.139. The second-order valence-corrected chi connectivity index (χ2v) is 4.03. The van der Waals surface area contributed by atoms with Gasteiger partial charge in [0.1, 0.15) is 6.54 Å². The van der Waals surface area contributed by atoms with Crippen LogP contribution in [-0.2, 0) is 9.53 Å². The van der Waals surface area contributed by atoms with Crippen molar-refractivity contribution >= 4 is 23.5 Å². The van der Waals surface area contributed by atoms with Gasteiger partial charge in [-0.2, -0.15) is 15.0 Å². The number of carbonyl (C=O) groups excluding carboxylic acids is 1. The van der Waals surface area contributed by atoms with E-state index in [9.17, 15) is 4.79 Å². The van der Waals surface area contributed by atoms with Crippen molar-refractivity contribution in [3.63, 3.8) is 0 Å². The standard InChI is InChI=1S/C10H15ClN4O3/c1-6(2)15(5-7(16)17-3)9-12-8(11)13-10(14-9)18-4/h6H,5H2,1-4H3. The van der Waals surface area contributed by atoms with Crippen molar-refractivity contribution in [2.45, 2.75) is 19.9 Å². The summed E-state index contributed by atoms with van der Waals surface area (Å²) in [6.07, 6.45) is 0. The predicted octanol–water partition coefficient (Wildman–Crippen LogP) is 0.921. The number of hydrogen-bond donors (Lipinski definition) is 0. The summed E-state index contributed by atoms with van der Waals surface area (Å²) in [5, 5.41) is 0.00682. The third-order valence-electron chi connectivity index (χ3n) is 2.17. The molecule has 18 heavy (non-hydrogen) atoms. The van der Waals surface area contributed by atoms with Gasteiger partial charge in [-0.25, -0.2) is 0 Å². The molecular weight excluding hydrogens is 260 g/mol. The van der Waals surface area contributed by atoms with Crippen molar-refractivity contribution in [2.75, 3.05) is 25.7 Å². The number of ether oxygens (including phenoxy) is 2. The summed E-state index contributed by atoms with van der Waals surface area (Å²) in [5.74, 6) is -0.119. The molecule has 0 atom stereocenters. The molecule has 1 aromatic rings. The first-order valence-corrected chi connectivity index (χ1v) is 5.64. The van der Waals surface area contributed by atoms with Crippen LogP contribution in [0.15, 0.2) is 0 Å². The highest BCUT2D eigenvalue weighted by Gasteiger charge is 2.19. The number of anilines is 1. The lowest BCUT2D eigenvalue weighted by atomic mass is 10.3. The van der Waals surface area contributed by atoms with Crippen LogP contribution in [0.4, 0.5) is 5.95 Å². The first-order chi connectivity index (χ1) is 8.47. The average Bonchev–Trinajstić information content (AvgIpc) is 2.34. The van der Waals surface area contributed by atoms with Crippen molar-refractivity contribution in [1.82, 2.24) is 15.0 Å². The monoisotopic (exact) mass is 274 g/mol. The molecule has 0 unspecified atom stereocenters. The molecule has 0 N–H and O–H groups in total. The Kier molecular flexibility index (Phi) is 5.08. The third kappa shape index (κ3) is 3.69. The van der Waals surface area contributed by atoms with Gasteiger partial charge < -0.3 is 14.4 Å². The fourth-order valence-corrected chi connectivity index (χ4v) is 1.38. The maximum absolute atomic E-state index is 11.3. The van der Waals surface area contributed by atoms with Crippen molar-refractivity contribution in [2.24, 2.45) is 0 Å². The first kappa shape index (κ1) is 14.4. The van der Waals surface area contributed by atoms with E-state index in [1.807, 2.05) is 13.8 Å². The Morgan fingerprint density at radius 3 is 2.50 bits per heavy atom. The number of aromatic nitrogens is 3. The van der Waals surface area contributed by atoms with E-state index in [4.69, 9.17) is 16.3 Å². The number of carbonyl (C=O) groups is 1. The molecule has 0 saturated heterocycles. The SMILES string of the molecule is COC(=O)CN(c1nc(Cl)nc(OC)n1)C(C)C. The summed E-state index contributed by atoms with van der Waals surface area (Å²) in [6, 6.07) is 0.0905. The summed E-state index contributed by atoms with van der Waals surface area (Å²) in [6.45, 7) is 3.82. The van der Waals surface area contributed by atoms with Crippen LogP contribution in [0.3, 0.4) is 0 Å². The molecule has 7 nitrogen and oxygen atoms in total. The Balaban J connectivity index is 3.05. The fraction of sp³-hybridized carbons (Fsp3) is 0.600. The molecule has 8 heteroatoms. The van der Waals surface area contributed by atoms with Gasteiger partial charge in [-0.1, -0.05) is 0 Å². The van der Waals surface area contributed by atoms with Gasteiger partial charge in [-0.15, -0.1) is 0 Å². The largest absolute Gasteiger partial charge is 0.468 e. The van der Waals surface area contributed by atoms with E-state index in [0.717, 1.165) is 0 Å². The van der Waals surface area contributed by atoms with E-state index in [1.54, 1.807) is 4.90 Å². The van der Waals surface area contributed by atoms with Crippen LogP contribution in [0.2, 0.25) is 5.28 Å². The Labute approximate surface area is 110 Å². The van der Waals surface area contributed by atoms with E-state index >= 15 is 0 Å². The van der Waals surface area contributed by atoms with E-state index in [-0.39, 0.29) is 35.8 Å². The average molecular weight is 275 g/mol. The van der Waals surface area contributed by atoms with Crippen LogP contribution in [0.1, 0.15) is 13.8 Å². The molecule has 0 amide bonds. The van der Waals surface area contributed by atoms with Crippen LogP contribution in [-0.4, -0.2) is 47.7 Å². The van der Waals surface area contributed by atoms with Gasteiger partial charge in [0, 0.05) is 6.04 Å². The Morgan fingerprint density at radius 2 is 2.00 bits per heavy atom. The van der Waals surface area contributed by atoms with E-state index in [1.165, 1.54) is 14.2 Å². The molecule has 0 aliphatic rings. The highest BCUT2D eigenvalue weighted by atomic mass is 35.5. The fourth-order valence-electron chi connectivity index (χ4n) is 1.23. The molecule has 1 rings (SSSR count). The minimum absolute atomic E-state index is 0.00682. The minimum atomic E-state index is -0.390. The van der Waals surface area contributed by atoms with E-state index in [2.05, 4.69) is 19.7 Å². The predicted molar refractivity (Wildman–Crippen MR) is 65.9 cm³/mol. The molecular formula is C10H15ClN4O3. The van der Waals surface area contributed by atoms with Crippen LogP contribution in [0.25, 0.3) is 0 Å². The van der Waals surface area contributed by atoms with Crippen LogP contribution in [0, 0.1) is 0 Å². The number of methoxy groups -OCH3 is 2. The number of rotatable bonds is 5. The summed E-state index contributed by atoms with van der Waals surface area (Å²) < 4.78 is 9.53. The molecule has 0 spiro atoms. The number of halogens is 1. The molecule has 0 saturated carbocycles. The molecule has 0 aromatic carbocycles. The van der Waals surface area contributed by atoms with Gasteiger partial charge in [-0.05, 0) is 25.4 Å². The Hall–Kier alpha value is -1.63. The maximum Gasteiger partial charge on any atom is 0.325 e. The zero-order valence-corrected chi connectivity index (χ0v) is 11.4. The van der Waals surface area contributed by atoms with Crippen molar-refractivity contribution in [3.05, 3.63) is 5.28 Å². The Bertz CT molecular complexity index is 428. The highest BCUT2D eigenvalue weighted by molar-refractivity contribution is 6.28. The van der Waals surface area contributed by atoms with Gasteiger partial charge >= 0.3 is 12.0 Å². The van der Waals surface area contributed by atoms with E-state index < -0.39 is 0 Å². The van der Waals surface area contributed by atoms with E-state index in [0.29, 0.717) is 0 Å². The minimum Gasteiger partial charge on any atom is -0.468 e. The molecule has 0 aliphatic carbocycles. The lowest BCUT2D eigenvalue weighted by Gasteiger charge is -2.25. The zero-order chi connectivity index (χ0) is 13.7. The van der Waals surface area contributed by atoms with Crippen molar-refractivity contribution in [1.29, 1.82) is 0 Å². The third-order valence-corrected chi connectivity index (χ3v) is 2.33. The summed E-state index contributed by atoms with van der Waals surface area (Å²) >= 11 is 5.76. The van der Waals surface area contributed by atoms with Gasteiger partial charge in [0.15, 0.2) is 0 Å². The molecule has 0 fully saturated rings. The first-order valence-electron chi connectivity index (χ1n) is 5.27. The Morgan fingerprint density at radius 1 is 1.33 bits per heavy atom. The quantitative estimate of drug-likeness (QED) is 0.739. The van der Waals surface area contributed by atoms with Gasteiger partial charge in [0.2, 0.25) is 11.2 Å². The highest BCUT2D eigenvalue weighted by Crippen LogP contribution is 2.16. The molecule has 100 valence electrons. The van der Waals surface area contributed by atoms with Crippen LogP contribution >= 0.6 is 11.6 Å². The second kappa shape index (κ2) is 6.34. The van der Waals surface area contributed by atoms with Gasteiger partial charge in [0.05, 0.1) is 14.2 Å². The summed E-state index contributed by atoms with van der Waals surface area (Å²) in [4.78, 5) is 24.8. The number of hydrogen-bond acceptors (Lipinski definition) is 7. The second-order valence-electron chi connectivity index (χ2n) is 3.69. The van der Waals surface area contributed by atoms with Crippen LogP contribution in [0.5, 0.6) is 6.01 Å². The normalized spacial score (nSPS) is 10.3. The summed E-state index contributed by atoms with van der Waals surface area (Å²) in [5.41, 5.74) is 0. The maximum atomic E-state index is 11.3. The molecule has 1 aromatic heterocycles. The summed E-state index contributed by atoms with van der Waals surface area (Å²) in [7, 11) is 2.75. The van der Waals surface area contributed by atoms with Gasteiger partial charge in [-0.3, -0.25) is 4.79 Å². The zero-order valence-electron chi connectivity index (χ0n) is 10.7. The lowest BCUT2D eigenvalue weighted by Crippen LogP contribution is -2.37. The number of esters is 1. The number of nitrogens with zero attached hydrogens (tertiary/aromatic N) is 4.